The monoisotopic (exact) mass is 369 g/mol. The molecule has 142 valence electrons. The van der Waals surface area contributed by atoms with Gasteiger partial charge in [0.05, 0.1) is 26.9 Å². The molecule has 0 amide bonds. The van der Waals surface area contributed by atoms with Gasteiger partial charge in [0.15, 0.2) is 11.5 Å². The summed E-state index contributed by atoms with van der Waals surface area (Å²) >= 11 is 0. The van der Waals surface area contributed by atoms with Crippen molar-refractivity contribution >= 4 is 0 Å². The Kier molecular flexibility index (Phi) is 6.37. The molecule has 0 aliphatic rings. The predicted octanol–water partition coefficient (Wildman–Crippen LogP) is 4.58. The molecule has 1 unspecified atom stereocenters. The van der Waals surface area contributed by atoms with Gasteiger partial charge < -0.3 is 19.5 Å². The molecule has 4 nitrogen and oxygen atoms in total. The van der Waals surface area contributed by atoms with Crippen LogP contribution in [-0.2, 0) is 12.7 Å². The largest absolute Gasteiger partial charge is 0.493 e. The maximum Gasteiger partial charge on any atom is 0.416 e. The topological polar surface area (TPSA) is 39.7 Å². The van der Waals surface area contributed by atoms with Crippen LogP contribution in [-0.4, -0.2) is 21.3 Å². The maximum absolute atomic E-state index is 12.6. The third-order valence-corrected chi connectivity index (χ3v) is 4.07. The van der Waals surface area contributed by atoms with Crippen LogP contribution >= 0.6 is 0 Å². The van der Waals surface area contributed by atoms with Gasteiger partial charge in [-0.05, 0) is 42.3 Å². The summed E-state index contributed by atoms with van der Waals surface area (Å²) < 4.78 is 53.9. The molecule has 0 spiro atoms. The van der Waals surface area contributed by atoms with Crippen molar-refractivity contribution in [3.8, 4) is 17.2 Å². The molecular formula is C19H22F3NO3. The quantitative estimate of drug-likeness (QED) is 0.775. The highest BCUT2D eigenvalue weighted by Crippen LogP contribution is 2.38. The first-order valence-corrected chi connectivity index (χ1v) is 7.99. The number of hydrogen-bond donors (Lipinski definition) is 1. The minimum absolute atomic E-state index is 0.128. The van der Waals surface area contributed by atoms with Gasteiger partial charge in [0.25, 0.3) is 0 Å². The number of alkyl halides is 3. The number of benzene rings is 2. The van der Waals surface area contributed by atoms with Gasteiger partial charge in [0.1, 0.15) is 0 Å². The van der Waals surface area contributed by atoms with Gasteiger partial charge in [-0.1, -0.05) is 12.1 Å². The molecule has 0 radical (unpaired) electrons. The molecule has 1 N–H and O–H groups in total. The molecule has 7 heteroatoms. The highest BCUT2D eigenvalue weighted by molar-refractivity contribution is 5.53. The Morgan fingerprint density at radius 1 is 0.923 bits per heavy atom. The normalized spacial score (nSPS) is 12.6. The highest BCUT2D eigenvalue weighted by Gasteiger charge is 2.30. The summed E-state index contributed by atoms with van der Waals surface area (Å²) in [6, 6.07) is 8.67. The van der Waals surface area contributed by atoms with Gasteiger partial charge in [-0.2, -0.15) is 13.2 Å². The Bertz CT molecular complexity index is 705. The second-order valence-electron chi connectivity index (χ2n) is 5.76. The van der Waals surface area contributed by atoms with Gasteiger partial charge in [0.2, 0.25) is 5.75 Å². The molecule has 0 bridgehead atoms. The Morgan fingerprint density at radius 3 is 1.88 bits per heavy atom. The van der Waals surface area contributed by atoms with Crippen LogP contribution in [0.2, 0.25) is 0 Å². The minimum atomic E-state index is -4.33. The molecule has 1 atom stereocenters. The summed E-state index contributed by atoms with van der Waals surface area (Å²) in [5, 5.41) is 3.28. The molecule has 0 aliphatic carbocycles. The average molecular weight is 369 g/mol. The zero-order chi connectivity index (χ0) is 19.3. The van der Waals surface area contributed by atoms with Gasteiger partial charge in [0, 0.05) is 12.6 Å². The van der Waals surface area contributed by atoms with E-state index in [1.165, 1.54) is 19.2 Å². The van der Waals surface area contributed by atoms with E-state index in [2.05, 4.69) is 5.32 Å². The lowest BCUT2D eigenvalue weighted by molar-refractivity contribution is -0.137. The molecule has 0 heterocycles. The summed E-state index contributed by atoms with van der Waals surface area (Å²) in [6.07, 6.45) is -4.33. The van der Waals surface area contributed by atoms with E-state index in [1.54, 1.807) is 14.2 Å². The standard InChI is InChI=1S/C19H22F3NO3/c1-12(14-5-7-15(8-6-14)19(20,21)22)23-11-13-9-16(24-2)18(26-4)17(10-13)25-3/h5-10,12,23H,11H2,1-4H3. The molecule has 0 saturated carbocycles. The molecule has 26 heavy (non-hydrogen) atoms. The summed E-state index contributed by atoms with van der Waals surface area (Å²) in [5.74, 6) is 1.60. The molecule has 2 aromatic rings. The first kappa shape index (κ1) is 19.9. The van der Waals surface area contributed by atoms with Crippen molar-refractivity contribution in [3.63, 3.8) is 0 Å². The van der Waals surface area contributed by atoms with Crippen molar-refractivity contribution in [1.29, 1.82) is 0 Å². The summed E-state index contributed by atoms with van der Waals surface area (Å²) in [4.78, 5) is 0. The predicted molar refractivity (Wildman–Crippen MR) is 92.8 cm³/mol. The molecular weight excluding hydrogens is 347 g/mol. The van der Waals surface area contributed by atoms with Crippen LogP contribution < -0.4 is 19.5 Å². The van der Waals surface area contributed by atoms with E-state index in [-0.39, 0.29) is 6.04 Å². The van der Waals surface area contributed by atoms with Crippen molar-refractivity contribution in [2.24, 2.45) is 0 Å². The fourth-order valence-corrected chi connectivity index (χ4v) is 2.59. The lowest BCUT2D eigenvalue weighted by atomic mass is 10.1. The van der Waals surface area contributed by atoms with E-state index < -0.39 is 11.7 Å². The van der Waals surface area contributed by atoms with Crippen molar-refractivity contribution in [2.75, 3.05) is 21.3 Å². The third kappa shape index (κ3) is 4.60. The van der Waals surface area contributed by atoms with E-state index in [0.717, 1.165) is 23.3 Å². The number of methoxy groups -OCH3 is 3. The van der Waals surface area contributed by atoms with Crippen LogP contribution in [0.5, 0.6) is 17.2 Å². The Hall–Kier alpha value is -2.41. The molecule has 0 saturated heterocycles. The van der Waals surface area contributed by atoms with Crippen molar-refractivity contribution in [2.45, 2.75) is 25.7 Å². The van der Waals surface area contributed by atoms with Crippen LogP contribution in [0.3, 0.4) is 0 Å². The zero-order valence-corrected chi connectivity index (χ0v) is 15.1. The lowest BCUT2D eigenvalue weighted by Gasteiger charge is -2.17. The summed E-state index contributed by atoms with van der Waals surface area (Å²) in [6.45, 7) is 2.37. The van der Waals surface area contributed by atoms with Crippen molar-refractivity contribution in [1.82, 2.24) is 5.32 Å². The van der Waals surface area contributed by atoms with Gasteiger partial charge in [-0.15, -0.1) is 0 Å². The van der Waals surface area contributed by atoms with E-state index in [1.807, 2.05) is 19.1 Å². The molecule has 2 aromatic carbocycles. The van der Waals surface area contributed by atoms with E-state index in [4.69, 9.17) is 14.2 Å². The number of rotatable bonds is 7. The minimum Gasteiger partial charge on any atom is -0.493 e. The smallest absolute Gasteiger partial charge is 0.416 e. The second kappa shape index (κ2) is 8.31. The first-order chi connectivity index (χ1) is 12.3. The SMILES string of the molecule is COc1cc(CNC(C)c2ccc(C(F)(F)F)cc2)cc(OC)c1OC. The van der Waals surface area contributed by atoms with E-state index in [0.29, 0.717) is 23.8 Å². The first-order valence-electron chi connectivity index (χ1n) is 7.99. The fraction of sp³-hybridized carbons (Fsp3) is 0.368. The third-order valence-electron chi connectivity index (χ3n) is 4.07. The van der Waals surface area contributed by atoms with Gasteiger partial charge in [-0.25, -0.2) is 0 Å². The van der Waals surface area contributed by atoms with E-state index in [9.17, 15) is 13.2 Å². The van der Waals surface area contributed by atoms with Crippen molar-refractivity contribution in [3.05, 3.63) is 53.1 Å². The number of nitrogens with one attached hydrogen (secondary N) is 1. The summed E-state index contributed by atoms with van der Waals surface area (Å²) in [5.41, 5.74) is 1.02. The molecule has 0 aliphatic heterocycles. The number of hydrogen-bond acceptors (Lipinski definition) is 4. The fourth-order valence-electron chi connectivity index (χ4n) is 2.59. The number of halogens is 3. The van der Waals surface area contributed by atoms with E-state index >= 15 is 0 Å². The average Bonchev–Trinajstić information content (AvgIpc) is 2.64. The van der Waals surface area contributed by atoms with Crippen molar-refractivity contribution < 1.29 is 27.4 Å². The van der Waals surface area contributed by atoms with Crippen LogP contribution in [0, 0.1) is 0 Å². The highest BCUT2D eigenvalue weighted by atomic mass is 19.4. The molecule has 0 fully saturated rings. The second-order valence-corrected chi connectivity index (χ2v) is 5.76. The maximum atomic E-state index is 12.6. The number of ether oxygens (including phenoxy) is 3. The van der Waals surface area contributed by atoms with Crippen LogP contribution in [0.4, 0.5) is 13.2 Å². The Labute approximate surface area is 150 Å². The zero-order valence-electron chi connectivity index (χ0n) is 15.1. The molecule has 2 rings (SSSR count). The van der Waals surface area contributed by atoms with Crippen LogP contribution in [0.25, 0.3) is 0 Å². The van der Waals surface area contributed by atoms with Crippen LogP contribution in [0.15, 0.2) is 36.4 Å². The lowest BCUT2D eigenvalue weighted by Crippen LogP contribution is -2.18. The van der Waals surface area contributed by atoms with Crippen LogP contribution in [0.1, 0.15) is 29.7 Å². The Morgan fingerprint density at radius 2 is 1.46 bits per heavy atom. The Balaban J connectivity index is 2.10. The van der Waals surface area contributed by atoms with Gasteiger partial charge >= 0.3 is 6.18 Å². The molecule has 0 aromatic heterocycles. The summed E-state index contributed by atoms with van der Waals surface area (Å²) in [7, 11) is 4.61. The van der Waals surface area contributed by atoms with Gasteiger partial charge in [-0.3, -0.25) is 0 Å².